The van der Waals surface area contributed by atoms with Gasteiger partial charge in [-0.05, 0) is 30.9 Å². The third kappa shape index (κ3) is 2.15. The summed E-state index contributed by atoms with van der Waals surface area (Å²) in [5.74, 6) is 0.859. The first-order valence-corrected chi connectivity index (χ1v) is 9.30. The van der Waals surface area contributed by atoms with Crippen LogP contribution < -0.4 is 10.2 Å². The first-order valence-electron chi connectivity index (χ1n) is 8.92. The molecule has 0 saturated carbocycles. The van der Waals surface area contributed by atoms with Gasteiger partial charge in [-0.3, -0.25) is 0 Å². The summed E-state index contributed by atoms with van der Waals surface area (Å²) in [4.78, 5) is 11.1. The minimum atomic E-state index is -0.429. The van der Waals surface area contributed by atoms with E-state index >= 15 is 0 Å². The number of nitrogens with zero attached hydrogens (tertiary/aromatic N) is 3. The lowest BCUT2D eigenvalue weighted by molar-refractivity contribution is 0.657. The van der Waals surface area contributed by atoms with Crippen LogP contribution in [0.2, 0.25) is 5.15 Å². The molecule has 2 aliphatic rings. The van der Waals surface area contributed by atoms with Crippen molar-refractivity contribution >= 4 is 28.8 Å². The van der Waals surface area contributed by atoms with E-state index in [1.54, 1.807) is 6.33 Å². The van der Waals surface area contributed by atoms with E-state index in [0.717, 1.165) is 30.9 Å². The normalized spacial score (nSPS) is 20.6. The van der Waals surface area contributed by atoms with Gasteiger partial charge in [-0.25, -0.2) is 9.97 Å². The molecule has 3 heterocycles. The fourth-order valence-corrected chi connectivity index (χ4v) is 4.43. The standard InChI is InChI=1S/C21H19ClN4/c1-21(15-9-3-2-4-10-15)16-11-5-7-14-8-6-12-26(18(14)16)20-17(25-21)19(22)23-13-24-20/h2-5,7,9-11,13,25H,6,8,12H2,1H3. The van der Waals surface area contributed by atoms with Gasteiger partial charge < -0.3 is 10.2 Å². The molecule has 1 aromatic heterocycles. The van der Waals surface area contributed by atoms with Crippen molar-refractivity contribution in [3.05, 3.63) is 76.7 Å². The third-order valence-corrected chi connectivity index (χ3v) is 5.81. The third-order valence-electron chi connectivity index (χ3n) is 5.52. The Hall–Kier alpha value is -2.59. The zero-order chi connectivity index (χ0) is 17.7. The van der Waals surface area contributed by atoms with Crippen molar-refractivity contribution in [3.63, 3.8) is 0 Å². The largest absolute Gasteiger partial charge is 0.366 e. The molecule has 0 bridgehead atoms. The Labute approximate surface area is 157 Å². The number of anilines is 3. The smallest absolute Gasteiger partial charge is 0.161 e. The van der Waals surface area contributed by atoms with Crippen molar-refractivity contribution in [2.24, 2.45) is 0 Å². The van der Waals surface area contributed by atoms with Crippen LogP contribution in [-0.4, -0.2) is 16.5 Å². The molecule has 26 heavy (non-hydrogen) atoms. The molecule has 5 rings (SSSR count). The van der Waals surface area contributed by atoms with Crippen LogP contribution in [0.15, 0.2) is 54.9 Å². The van der Waals surface area contributed by atoms with E-state index in [2.05, 4.69) is 69.6 Å². The molecule has 130 valence electrons. The molecule has 1 atom stereocenters. The second-order valence-electron chi connectivity index (χ2n) is 7.05. The van der Waals surface area contributed by atoms with Crippen LogP contribution in [0, 0.1) is 0 Å². The number of para-hydroxylation sites is 1. The van der Waals surface area contributed by atoms with Crippen molar-refractivity contribution in [2.45, 2.75) is 25.3 Å². The fraction of sp³-hybridized carbons (Fsp3) is 0.238. The molecule has 0 radical (unpaired) electrons. The summed E-state index contributed by atoms with van der Waals surface area (Å²) in [5, 5.41) is 4.15. The van der Waals surface area contributed by atoms with Gasteiger partial charge in [-0.1, -0.05) is 60.1 Å². The first-order chi connectivity index (χ1) is 12.7. The van der Waals surface area contributed by atoms with Gasteiger partial charge in [0.15, 0.2) is 11.0 Å². The van der Waals surface area contributed by atoms with E-state index in [0.29, 0.717) is 5.15 Å². The molecule has 0 aliphatic carbocycles. The lowest BCUT2D eigenvalue weighted by Gasteiger charge is -2.35. The Morgan fingerprint density at radius 1 is 1.08 bits per heavy atom. The molecule has 0 amide bonds. The Balaban J connectivity index is 1.87. The van der Waals surface area contributed by atoms with Crippen molar-refractivity contribution in [2.75, 3.05) is 16.8 Å². The van der Waals surface area contributed by atoms with Crippen LogP contribution in [0.1, 0.15) is 30.0 Å². The number of benzene rings is 2. The molecule has 2 aromatic carbocycles. The van der Waals surface area contributed by atoms with Gasteiger partial charge in [0.25, 0.3) is 0 Å². The highest BCUT2D eigenvalue weighted by molar-refractivity contribution is 6.32. The van der Waals surface area contributed by atoms with Crippen molar-refractivity contribution in [1.82, 2.24) is 9.97 Å². The van der Waals surface area contributed by atoms with Crippen molar-refractivity contribution in [1.29, 1.82) is 0 Å². The molecular formula is C21H19ClN4. The number of halogens is 1. The van der Waals surface area contributed by atoms with Crippen LogP contribution in [0.25, 0.3) is 0 Å². The first kappa shape index (κ1) is 15.6. The Morgan fingerprint density at radius 3 is 2.77 bits per heavy atom. The van der Waals surface area contributed by atoms with Gasteiger partial charge in [0.1, 0.15) is 12.0 Å². The zero-order valence-electron chi connectivity index (χ0n) is 14.5. The summed E-state index contributed by atoms with van der Waals surface area (Å²) in [6.07, 6.45) is 3.73. The molecule has 0 spiro atoms. The van der Waals surface area contributed by atoms with Crippen molar-refractivity contribution in [3.8, 4) is 0 Å². The van der Waals surface area contributed by atoms with E-state index in [1.165, 1.54) is 22.4 Å². The number of aryl methyl sites for hydroxylation is 1. The minimum Gasteiger partial charge on any atom is -0.366 e. The molecule has 1 unspecified atom stereocenters. The predicted octanol–water partition coefficient (Wildman–Crippen LogP) is 4.90. The maximum atomic E-state index is 6.51. The monoisotopic (exact) mass is 362 g/mol. The SMILES string of the molecule is CC1(c2ccccc2)Nc2c(Cl)ncnc2N2CCCc3cccc1c32. The highest BCUT2D eigenvalue weighted by atomic mass is 35.5. The quantitative estimate of drug-likeness (QED) is 0.625. The van der Waals surface area contributed by atoms with E-state index < -0.39 is 5.54 Å². The summed E-state index contributed by atoms with van der Waals surface area (Å²) in [7, 11) is 0. The molecule has 5 heteroatoms. The second kappa shape index (κ2) is 5.71. The summed E-state index contributed by atoms with van der Waals surface area (Å²) in [6, 6.07) is 17.1. The lowest BCUT2D eigenvalue weighted by Crippen LogP contribution is -2.34. The average molecular weight is 363 g/mol. The van der Waals surface area contributed by atoms with Crippen LogP contribution in [0.5, 0.6) is 0 Å². The van der Waals surface area contributed by atoms with Crippen LogP contribution in [0.4, 0.5) is 17.2 Å². The highest BCUT2D eigenvalue weighted by Crippen LogP contribution is 2.50. The zero-order valence-corrected chi connectivity index (χ0v) is 15.3. The van der Waals surface area contributed by atoms with E-state index in [1.807, 2.05) is 6.07 Å². The Kier molecular flexibility index (Phi) is 3.44. The number of rotatable bonds is 1. The molecule has 3 aromatic rings. The molecular weight excluding hydrogens is 344 g/mol. The lowest BCUT2D eigenvalue weighted by atomic mass is 9.81. The number of hydrogen-bond donors (Lipinski definition) is 1. The van der Waals surface area contributed by atoms with Crippen molar-refractivity contribution < 1.29 is 0 Å². The summed E-state index contributed by atoms with van der Waals surface area (Å²) < 4.78 is 0. The topological polar surface area (TPSA) is 41.1 Å². The van der Waals surface area contributed by atoms with Gasteiger partial charge >= 0.3 is 0 Å². The minimum absolute atomic E-state index is 0.429. The van der Waals surface area contributed by atoms with Crippen LogP contribution >= 0.6 is 11.6 Å². The van der Waals surface area contributed by atoms with E-state index in [9.17, 15) is 0 Å². The highest BCUT2D eigenvalue weighted by Gasteiger charge is 2.40. The Bertz CT molecular complexity index is 989. The Morgan fingerprint density at radius 2 is 1.92 bits per heavy atom. The van der Waals surface area contributed by atoms with Gasteiger partial charge in [0.2, 0.25) is 0 Å². The molecule has 0 saturated heterocycles. The van der Waals surface area contributed by atoms with Crippen LogP contribution in [0.3, 0.4) is 0 Å². The van der Waals surface area contributed by atoms with E-state index in [4.69, 9.17) is 11.6 Å². The summed E-state index contributed by atoms with van der Waals surface area (Å²) >= 11 is 6.51. The average Bonchev–Trinajstić information content (AvgIpc) is 2.80. The predicted molar refractivity (Wildman–Crippen MR) is 105 cm³/mol. The van der Waals surface area contributed by atoms with Gasteiger partial charge in [-0.2, -0.15) is 0 Å². The molecule has 4 nitrogen and oxygen atoms in total. The second-order valence-corrected chi connectivity index (χ2v) is 7.41. The summed E-state index contributed by atoms with van der Waals surface area (Å²) in [6.45, 7) is 3.14. The molecule has 2 aliphatic heterocycles. The molecule has 0 fully saturated rings. The van der Waals surface area contributed by atoms with Gasteiger partial charge in [0.05, 0.1) is 11.2 Å². The molecule has 1 N–H and O–H groups in total. The number of hydrogen-bond acceptors (Lipinski definition) is 4. The number of fused-ring (bicyclic) bond motifs is 2. The van der Waals surface area contributed by atoms with Gasteiger partial charge in [-0.15, -0.1) is 0 Å². The van der Waals surface area contributed by atoms with Gasteiger partial charge in [0, 0.05) is 12.1 Å². The maximum Gasteiger partial charge on any atom is 0.161 e. The van der Waals surface area contributed by atoms with E-state index in [-0.39, 0.29) is 0 Å². The number of nitrogens with one attached hydrogen (secondary N) is 1. The summed E-state index contributed by atoms with van der Waals surface area (Å²) in [5.41, 5.74) is 5.42. The van der Waals surface area contributed by atoms with Crippen LogP contribution in [-0.2, 0) is 12.0 Å². The maximum absolute atomic E-state index is 6.51. The number of aromatic nitrogens is 2. The fourth-order valence-electron chi connectivity index (χ4n) is 4.25.